The monoisotopic (exact) mass is 305 g/mol. The van der Waals surface area contributed by atoms with Gasteiger partial charge in [-0.1, -0.05) is 0 Å². The van der Waals surface area contributed by atoms with Crippen molar-refractivity contribution in [2.45, 2.75) is 39.4 Å². The Morgan fingerprint density at radius 3 is 2.68 bits per heavy atom. The van der Waals surface area contributed by atoms with Crippen LogP contribution in [0.25, 0.3) is 0 Å². The summed E-state index contributed by atoms with van der Waals surface area (Å²) in [5.74, 6) is -1.31. The summed E-state index contributed by atoms with van der Waals surface area (Å²) in [7, 11) is 0. The molecule has 0 radical (unpaired) electrons. The number of hydrogen-bond acceptors (Lipinski definition) is 4. The molecule has 8 nitrogen and oxygen atoms in total. The summed E-state index contributed by atoms with van der Waals surface area (Å²) < 4.78 is 3.15. The van der Waals surface area contributed by atoms with Gasteiger partial charge >= 0.3 is 5.97 Å². The van der Waals surface area contributed by atoms with Gasteiger partial charge in [-0.05, 0) is 26.8 Å². The van der Waals surface area contributed by atoms with E-state index >= 15 is 0 Å². The van der Waals surface area contributed by atoms with E-state index in [1.165, 1.54) is 17.1 Å². The lowest BCUT2D eigenvalue weighted by Gasteiger charge is -2.18. The van der Waals surface area contributed by atoms with Gasteiger partial charge in [0.05, 0.1) is 23.5 Å². The van der Waals surface area contributed by atoms with Gasteiger partial charge in [-0.25, -0.2) is 4.79 Å². The highest BCUT2D eigenvalue weighted by molar-refractivity contribution is 5.87. The summed E-state index contributed by atoms with van der Waals surface area (Å²) >= 11 is 0. The second-order valence-electron chi connectivity index (χ2n) is 4.99. The highest BCUT2D eigenvalue weighted by Crippen LogP contribution is 2.14. The Bertz CT molecular complexity index is 676. The van der Waals surface area contributed by atoms with Crippen molar-refractivity contribution in [1.82, 2.24) is 24.9 Å². The minimum absolute atomic E-state index is 0.0526. The highest BCUT2D eigenvalue weighted by atomic mass is 16.4. The average Bonchev–Trinajstić information content (AvgIpc) is 3.14. The molecule has 2 aromatic heterocycles. The second kappa shape index (κ2) is 6.42. The molecular weight excluding hydrogens is 286 g/mol. The van der Waals surface area contributed by atoms with Gasteiger partial charge in [-0.2, -0.15) is 10.2 Å². The van der Waals surface area contributed by atoms with E-state index in [9.17, 15) is 9.59 Å². The molecule has 2 unspecified atom stereocenters. The number of carbonyl (C=O) groups is 2. The molecule has 2 heterocycles. The van der Waals surface area contributed by atoms with Crippen molar-refractivity contribution in [1.29, 1.82) is 0 Å². The van der Waals surface area contributed by atoms with E-state index < -0.39 is 12.0 Å². The first-order valence-corrected chi connectivity index (χ1v) is 7.03. The second-order valence-corrected chi connectivity index (χ2v) is 4.99. The highest BCUT2D eigenvalue weighted by Gasteiger charge is 2.21. The Morgan fingerprint density at radius 1 is 1.36 bits per heavy atom. The third-order valence-electron chi connectivity index (χ3n) is 3.48. The summed E-state index contributed by atoms with van der Waals surface area (Å²) in [5.41, 5.74) is 0.964. The van der Waals surface area contributed by atoms with Crippen LogP contribution < -0.4 is 5.32 Å². The first-order chi connectivity index (χ1) is 10.4. The molecule has 0 aliphatic carbocycles. The zero-order chi connectivity index (χ0) is 16.3. The van der Waals surface area contributed by atoms with E-state index in [1.807, 2.05) is 24.6 Å². The number of hydrogen-bond donors (Lipinski definition) is 2. The molecule has 0 aliphatic heterocycles. The summed E-state index contributed by atoms with van der Waals surface area (Å²) in [6.07, 6.45) is 4.26. The third kappa shape index (κ3) is 3.16. The van der Waals surface area contributed by atoms with Crippen molar-refractivity contribution in [3.8, 4) is 0 Å². The minimum Gasteiger partial charge on any atom is -0.478 e. The largest absolute Gasteiger partial charge is 0.478 e. The fourth-order valence-corrected chi connectivity index (χ4v) is 2.16. The fourth-order valence-electron chi connectivity index (χ4n) is 2.16. The van der Waals surface area contributed by atoms with E-state index in [1.54, 1.807) is 13.1 Å². The van der Waals surface area contributed by atoms with Crippen LogP contribution in [0, 0.1) is 0 Å². The molecular formula is C14H19N5O3. The topological polar surface area (TPSA) is 102 Å². The Hall–Kier alpha value is -2.64. The van der Waals surface area contributed by atoms with Gasteiger partial charge < -0.3 is 10.4 Å². The minimum atomic E-state index is -1.07. The zero-order valence-electron chi connectivity index (χ0n) is 12.7. The van der Waals surface area contributed by atoms with Gasteiger partial charge in [0.1, 0.15) is 6.04 Å². The third-order valence-corrected chi connectivity index (χ3v) is 3.48. The number of aromatic nitrogens is 4. The SMILES string of the molecule is CCn1nccc1C(C)NC(=O)C(C)n1cc(C(=O)O)cn1. The van der Waals surface area contributed by atoms with Crippen molar-refractivity contribution in [3.63, 3.8) is 0 Å². The fraction of sp³-hybridized carbons (Fsp3) is 0.429. The smallest absolute Gasteiger partial charge is 0.338 e. The number of nitrogens with zero attached hydrogens (tertiary/aromatic N) is 4. The van der Waals surface area contributed by atoms with Crippen LogP contribution in [0.5, 0.6) is 0 Å². The number of aromatic carboxylic acids is 1. The van der Waals surface area contributed by atoms with Crippen molar-refractivity contribution in [2.24, 2.45) is 0 Å². The molecule has 8 heteroatoms. The number of carboxylic acid groups (broad SMARTS) is 1. The molecule has 118 valence electrons. The first-order valence-electron chi connectivity index (χ1n) is 7.03. The molecule has 0 aliphatic rings. The molecule has 2 rings (SSSR count). The predicted octanol–water partition coefficient (Wildman–Crippen LogP) is 1.24. The lowest BCUT2D eigenvalue weighted by molar-refractivity contribution is -0.124. The number of nitrogens with one attached hydrogen (secondary N) is 1. The normalized spacial score (nSPS) is 13.6. The van der Waals surface area contributed by atoms with Gasteiger partial charge in [-0.15, -0.1) is 0 Å². The van der Waals surface area contributed by atoms with Gasteiger partial charge in [-0.3, -0.25) is 14.2 Å². The van der Waals surface area contributed by atoms with E-state index in [4.69, 9.17) is 5.11 Å². The lowest BCUT2D eigenvalue weighted by atomic mass is 10.2. The molecule has 0 fully saturated rings. The van der Waals surface area contributed by atoms with Crippen molar-refractivity contribution >= 4 is 11.9 Å². The number of rotatable bonds is 6. The van der Waals surface area contributed by atoms with Crippen LogP contribution in [-0.2, 0) is 11.3 Å². The number of aryl methyl sites for hydroxylation is 1. The molecule has 0 aromatic carbocycles. The van der Waals surface area contributed by atoms with Gasteiger partial charge in [0.2, 0.25) is 5.91 Å². The van der Waals surface area contributed by atoms with Crippen LogP contribution >= 0.6 is 0 Å². The quantitative estimate of drug-likeness (QED) is 0.836. The molecule has 0 spiro atoms. The van der Waals surface area contributed by atoms with E-state index in [0.717, 1.165) is 12.2 Å². The maximum Gasteiger partial charge on any atom is 0.338 e. The maximum absolute atomic E-state index is 12.3. The van der Waals surface area contributed by atoms with Crippen LogP contribution in [-0.4, -0.2) is 36.5 Å². The Kier molecular flexibility index (Phi) is 4.59. The van der Waals surface area contributed by atoms with Crippen molar-refractivity contribution in [2.75, 3.05) is 0 Å². The van der Waals surface area contributed by atoms with Gasteiger partial charge in [0.25, 0.3) is 0 Å². The maximum atomic E-state index is 12.3. The predicted molar refractivity (Wildman–Crippen MR) is 78.4 cm³/mol. The van der Waals surface area contributed by atoms with Crippen molar-refractivity contribution in [3.05, 3.63) is 35.9 Å². The summed E-state index contributed by atoms with van der Waals surface area (Å²) in [6.45, 7) is 6.24. The molecule has 22 heavy (non-hydrogen) atoms. The Labute approximate surface area is 127 Å². The molecule has 0 bridgehead atoms. The van der Waals surface area contributed by atoms with E-state index in [-0.39, 0.29) is 17.5 Å². The molecule has 2 N–H and O–H groups in total. The van der Waals surface area contributed by atoms with Crippen LogP contribution in [0.15, 0.2) is 24.7 Å². The standard InChI is InChI=1S/C14H19N5O3/c1-4-18-12(5-6-15-18)9(2)17-13(20)10(3)19-8-11(7-16-19)14(21)22/h5-10H,4H2,1-3H3,(H,17,20)(H,21,22). The van der Waals surface area contributed by atoms with E-state index in [2.05, 4.69) is 15.5 Å². The first kappa shape index (κ1) is 15.7. The average molecular weight is 305 g/mol. The molecule has 0 saturated heterocycles. The number of amides is 1. The molecule has 2 atom stereocenters. The van der Waals surface area contributed by atoms with Crippen LogP contribution in [0.3, 0.4) is 0 Å². The van der Waals surface area contributed by atoms with E-state index in [0.29, 0.717) is 0 Å². The van der Waals surface area contributed by atoms with Crippen LogP contribution in [0.2, 0.25) is 0 Å². The van der Waals surface area contributed by atoms with Gasteiger partial charge in [0, 0.05) is 18.9 Å². The molecule has 1 amide bonds. The summed E-state index contributed by atoms with van der Waals surface area (Å²) in [5, 5.41) is 19.9. The number of carboxylic acids is 1. The molecule has 2 aromatic rings. The summed E-state index contributed by atoms with van der Waals surface area (Å²) in [4.78, 5) is 23.1. The van der Waals surface area contributed by atoms with Gasteiger partial charge in [0.15, 0.2) is 0 Å². The number of carbonyl (C=O) groups excluding carboxylic acids is 1. The van der Waals surface area contributed by atoms with Crippen LogP contribution in [0.1, 0.15) is 48.9 Å². The lowest BCUT2D eigenvalue weighted by Crippen LogP contribution is -2.34. The zero-order valence-corrected chi connectivity index (χ0v) is 12.7. The Morgan fingerprint density at radius 2 is 2.09 bits per heavy atom. The Balaban J connectivity index is 2.06. The summed E-state index contributed by atoms with van der Waals surface area (Å²) in [6, 6.07) is 1.05. The van der Waals surface area contributed by atoms with Crippen LogP contribution in [0.4, 0.5) is 0 Å². The molecule has 0 saturated carbocycles. The van der Waals surface area contributed by atoms with Crippen molar-refractivity contribution < 1.29 is 14.7 Å².